The lowest BCUT2D eigenvalue weighted by atomic mass is 9.60. The molecule has 142 valence electrons. The topological polar surface area (TPSA) is 40.6 Å². The van der Waals surface area contributed by atoms with Crippen LogP contribution in [0, 0.1) is 5.92 Å². The van der Waals surface area contributed by atoms with Crippen LogP contribution in [0.5, 0.6) is 0 Å². The van der Waals surface area contributed by atoms with Gasteiger partial charge in [-0.1, -0.05) is 45.4 Å². The summed E-state index contributed by atoms with van der Waals surface area (Å²) >= 11 is 0. The molecule has 1 aromatic rings. The molecule has 2 rings (SSSR count). The molecule has 4 nitrogen and oxygen atoms in total. The van der Waals surface area contributed by atoms with Gasteiger partial charge in [0.15, 0.2) is 0 Å². The molecule has 0 aromatic heterocycles. The number of amides is 2. The molecule has 0 aliphatic carbocycles. The van der Waals surface area contributed by atoms with E-state index < -0.39 is 13.0 Å². The number of carbonyl (C=O) groups excluding carboxylic acids is 2. The van der Waals surface area contributed by atoms with Crippen LogP contribution in [0.25, 0.3) is 0 Å². The van der Waals surface area contributed by atoms with E-state index in [0.29, 0.717) is 49.3 Å². The zero-order valence-electron chi connectivity index (χ0n) is 16.4. The summed E-state index contributed by atoms with van der Waals surface area (Å²) in [7, 11) is 0. The molecule has 2 amide bonds. The van der Waals surface area contributed by atoms with E-state index in [-0.39, 0.29) is 11.8 Å². The molecular formula is C20H30BFN2O2. The highest BCUT2D eigenvalue weighted by Crippen LogP contribution is 2.21. The lowest BCUT2D eigenvalue weighted by Gasteiger charge is -2.41. The first-order chi connectivity index (χ1) is 12.4. The van der Waals surface area contributed by atoms with Gasteiger partial charge in [-0.25, -0.2) is 0 Å². The summed E-state index contributed by atoms with van der Waals surface area (Å²) in [5, 5.41) is 0. The first-order valence-electron chi connectivity index (χ1n) is 9.72. The largest absolute Gasteiger partial charge is 0.380 e. The van der Waals surface area contributed by atoms with E-state index in [0.717, 1.165) is 6.42 Å². The summed E-state index contributed by atoms with van der Waals surface area (Å²) in [6.45, 7) is 8.69. The standard InChI is InChI=1S/C20H30BFN2O2/c1-5-10-21(22)17-9-7-8-16(14-17)19(25)24-12-11-23(6-2)20(26)18(24)13-15(3)4/h7-9,14-15,18H,5-6,10-13H2,1-4H3. The van der Waals surface area contributed by atoms with Gasteiger partial charge < -0.3 is 14.1 Å². The first kappa shape index (κ1) is 20.5. The number of carbonyl (C=O) groups is 2. The van der Waals surface area contributed by atoms with Crippen LogP contribution < -0.4 is 5.46 Å². The maximum absolute atomic E-state index is 14.2. The van der Waals surface area contributed by atoms with Gasteiger partial charge in [0.25, 0.3) is 5.91 Å². The molecule has 6 heteroatoms. The molecule has 1 aliphatic heterocycles. The molecule has 0 bridgehead atoms. The summed E-state index contributed by atoms with van der Waals surface area (Å²) in [6, 6.07) is 6.38. The quantitative estimate of drug-likeness (QED) is 0.702. The zero-order valence-corrected chi connectivity index (χ0v) is 16.4. The van der Waals surface area contributed by atoms with Crippen molar-refractivity contribution in [3.05, 3.63) is 29.8 Å². The van der Waals surface area contributed by atoms with E-state index >= 15 is 0 Å². The fraction of sp³-hybridized carbons (Fsp3) is 0.600. The average molecular weight is 360 g/mol. The minimum absolute atomic E-state index is 0.0197. The van der Waals surface area contributed by atoms with Gasteiger partial charge in [-0.15, -0.1) is 0 Å². The summed E-state index contributed by atoms with van der Waals surface area (Å²) in [5.41, 5.74) is 1.00. The number of piperazine rings is 1. The number of benzene rings is 1. The van der Waals surface area contributed by atoms with Crippen LogP contribution >= 0.6 is 0 Å². The second kappa shape index (κ2) is 9.20. The van der Waals surface area contributed by atoms with Crippen molar-refractivity contribution in [3.8, 4) is 0 Å². The van der Waals surface area contributed by atoms with Crippen LogP contribution in [-0.2, 0) is 4.79 Å². The molecule has 1 saturated heterocycles. The summed E-state index contributed by atoms with van der Waals surface area (Å²) in [6.07, 6.45) is 1.84. The van der Waals surface area contributed by atoms with Gasteiger partial charge in [0.2, 0.25) is 5.91 Å². The van der Waals surface area contributed by atoms with Crippen LogP contribution in [0.15, 0.2) is 24.3 Å². The molecule has 1 heterocycles. The van der Waals surface area contributed by atoms with Crippen LogP contribution in [-0.4, -0.2) is 54.3 Å². The molecule has 1 aromatic carbocycles. The maximum Gasteiger partial charge on any atom is 0.380 e. The minimum Gasteiger partial charge on any atom is -0.339 e. The number of rotatable bonds is 7. The van der Waals surface area contributed by atoms with Crippen molar-refractivity contribution in [2.75, 3.05) is 19.6 Å². The zero-order chi connectivity index (χ0) is 19.3. The highest BCUT2D eigenvalue weighted by atomic mass is 19.1. The first-order valence-corrected chi connectivity index (χ1v) is 9.72. The van der Waals surface area contributed by atoms with Crippen LogP contribution in [0.4, 0.5) is 4.32 Å². The third-order valence-electron chi connectivity index (χ3n) is 4.96. The Labute approximate surface area is 156 Å². The second-order valence-electron chi connectivity index (χ2n) is 7.44. The van der Waals surface area contributed by atoms with Gasteiger partial charge in [-0.05, 0) is 37.1 Å². The van der Waals surface area contributed by atoms with Crippen molar-refractivity contribution >= 4 is 24.3 Å². The minimum atomic E-state index is -1.06. The Kier molecular flexibility index (Phi) is 7.24. The normalized spacial score (nSPS) is 17.8. The van der Waals surface area contributed by atoms with Gasteiger partial charge in [0.05, 0.1) is 0 Å². The van der Waals surface area contributed by atoms with Crippen molar-refractivity contribution in [1.29, 1.82) is 0 Å². The third kappa shape index (κ3) is 4.65. The van der Waals surface area contributed by atoms with Gasteiger partial charge in [0, 0.05) is 25.2 Å². The maximum atomic E-state index is 14.2. The van der Waals surface area contributed by atoms with E-state index in [1.807, 2.05) is 18.7 Å². The van der Waals surface area contributed by atoms with E-state index in [1.54, 1.807) is 29.2 Å². The van der Waals surface area contributed by atoms with Crippen molar-refractivity contribution in [1.82, 2.24) is 9.80 Å². The van der Waals surface area contributed by atoms with Crippen LogP contribution in [0.2, 0.25) is 6.32 Å². The number of likely N-dealkylation sites (N-methyl/N-ethyl adjacent to an activating group) is 1. The third-order valence-corrected chi connectivity index (χ3v) is 4.96. The predicted octanol–water partition coefficient (Wildman–Crippen LogP) is 2.98. The van der Waals surface area contributed by atoms with Crippen molar-refractivity contribution in [2.24, 2.45) is 5.92 Å². The lowest BCUT2D eigenvalue weighted by Crippen LogP contribution is -2.59. The van der Waals surface area contributed by atoms with Gasteiger partial charge in [0.1, 0.15) is 6.04 Å². The summed E-state index contributed by atoms with van der Waals surface area (Å²) in [4.78, 5) is 29.4. The number of halogens is 1. The molecule has 0 radical (unpaired) electrons. The fourth-order valence-corrected chi connectivity index (χ4v) is 3.52. The predicted molar refractivity (Wildman–Crippen MR) is 105 cm³/mol. The molecule has 0 N–H and O–H groups in total. The van der Waals surface area contributed by atoms with Gasteiger partial charge in [-0.2, -0.15) is 0 Å². The highest BCUT2D eigenvalue weighted by Gasteiger charge is 2.37. The Morgan fingerprint density at radius 2 is 2.04 bits per heavy atom. The fourth-order valence-electron chi connectivity index (χ4n) is 3.52. The Morgan fingerprint density at radius 3 is 2.65 bits per heavy atom. The number of hydrogen-bond acceptors (Lipinski definition) is 2. The molecule has 1 aliphatic rings. The van der Waals surface area contributed by atoms with E-state index in [9.17, 15) is 13.9 Å². The number of nitrogens with zero attached hydrogens (tertiary/aromatic N) is 2. The lowest BCUT2D eigenvalue weighted by molar-refractivity contribution is -0.140. The molecule has 1 unspecified atom stereocenters. The Bertz CT molecular complexity index is 638. The Hall–Kier alpha value is -1.85. The van der Waals surface area contributed by atoms with Crippen molar-refractivity contribution in [2.45, 2.75) is 52.9 Å². The average Bonchev–Trinajstić information content (AvgIpc) is 2.62. The number of hydrogen-bond donors (Lipinski definition) is 0. The van der Waals surface area contributed by atoms with Crippen molar-refractivity contribution in [3.63, 3.8) is 0 Å². The molecule has 26 heavy (non-hydrogen) atoms. The second-order valence-corrected chi connectivity index (χ2v) is 7.44. The van der Waals surface area contributed by atoms with Crippen LogP contribution in [0.1, 0.15) is 50.9 Å². The molecule has 1 fully saturated rings. The van der Waals surface area contributed by atoms with E-state index in [2.05, 4.69) is 13.8 Å². The van der Waals surface area contributed by atoms with Gasteiger partial charge >= 0.3 is 6.99 Å². The smallest absolute Gasteiger partial charge is 0.339 e. The Balaban J connectivity index is 2.26. The summed E-state index contributed by atoms with van der Waals surface area (Å²) < 4.78 is 14.2. The molecule has 0 saturated carbocycles. The highest BCUT2D eigenvalue weighted by molar-refractivity contribution is 6.66. The van der Waals surface area contributed by atoms with E-state index in [4.69, 9.17) is 0 Å². The molecule has 1 atom stereocenters. The monoisotopic (exact) mass is 360 g/mol. The molecule has 0 spiro atoms. The summed E-state index contributed by atoms with van der Waals surface area (Å²) in [5.74, 6) is 0.152. The van der Waals surface area contributed by atoms with Gasteiger partial charge in [-0.3, -0.25) is 9.59 Å². The van der Waals surface area contributed by atoms with E-state index in [1.165, 1.54) is 0 Å². The van der Waals surface area contributed by atoms with Crippen LogP contribution in [0.3, 0.4) is 0 Å². The SMILES string of the molecule is CCCB(F)c1cccc(C(=O)N2CCN(CC)C(=O)C2CC(C)C)c1. The van der Waals surface area contributed by atoms with Crippen molar-refractivity contribution < 1.29 is 13.9 Å². The molecular weight excluding hydrogens is 330 g/mol. The Morgan fingerprint density at radius 1 is 1.31 bits per heavy atom.